The minimum Gasteiger partial charge on any atom is -0.377 e. The number of nitrogens with one attached hydrogen (secondary N) is 1. The summed E-state index contributed by atoms with van der Waals surface area (Å²) in [6, 6.07) is 0.557. The third kappa shape index (κ3) is 1.74. The third-order valence-electron chi connectivity index (χ3n) is 2.40. The van der Waals surface area contributed by atoms with Crippen molar-refractivity contribution in [2.45, 2.75) is 39.3 Å². The van der Waals surface area contributed by atoms with Gasteiger partial charge < -0.3 is 10.1 Å². The molecular formula is C9H19NO. The van der Waals surface area contributed by atoms with Crippen LogP contribution < -0.4 is 5.32 Å². The highest BCUT2D eigenvalue weighted by Crippen LogP contribution is 2.26. The first-order chi connectivity index (χ1) is 5.07. The minimum atomic E-state index is 0.272. The smallest absolute Gasteiger partial charge is 0.0678 e. The summed E-state index contributed by atoms with van der Waals surface area (Å²) in [5.74, 6) is 0.665. The molecule has 0 aliphatic carbocycles. The number of rotatable bonds is 3. The molecule has 1 rings (SSSR count). The summed E-state index contributed by atoms with van der Waals surface area (Å²) < 4.78 is 5.24. The summed E-state index contributed by atoms with van der Waals surface area (Å²) in [6.07, 6.45) is 0. The monoisotopic (exact) mass is 157 g/mol. The van der Waals surface area contributed by atoms with Crippen molar-refractivity contribution in [2.24, 2.45) is 5.92 Å². The van der Waals surface area contributed by atoms with E-state index in [1.54, 1.807) is 0 Å². The van der Waals surface area contributed by atoms with E-state index in [4.69, 9.17) is 4.74 Å². The van der Waals surface area contributed by atoms with Gasteiger partial charge in [-0.25, -0.2) is 0 Å². The van der Waals surface area contributed by atoms with Crippen molar-refractivity contribution < 1.29 is 4.74 Å². The molecule has 1 aliphatic rings. The lowest BCUT2D eigenvalue weighted by molar-refractivity contribution is -0.101. The highest BCUT2D eigenvalue weighted by atomic mass is 16.5. The highest BCUT2D eigenvalue weighted by Gasteiger charge is 2.41. The Kier molecular flexibility index (Phi) is 2.55. The third-order valence-corrected chi connectivity index (χ3v) is 2.40. The summed E-state index contributed by atoms with van der Waals surface area (Å²) in [6.45, 7) is 10.6. The van der Waals surface area contributed by atoms with Crippen molar-refractivity contribution in [3.8, 4) is 0 Å². The minimum absolute atomic E-state index is 0.272. The van der Waals surface area contributed by atoms with Crippen LogP contribution in [0.25, 0.3) is 0 Å². The Morgan fingerprint density at radius 3 is 1.82 bits per heavy atom. The zero-order valence-corrected chi connectivity index (χ0v) is 7.98. The predicted molar refractivity (Wildman–Crippen MR) is 46.7 cm³/mol. The first kappa shape index (κ1) is 9.01. The molecule has 0 aromatic carbocycles. The normalized spacial score (nSPS) is 22.4. The van der Waals surface area contributed by atoms with Crippen LogP contribution in [-0.2, 0) is 4.74 Å². The topological polar surface area (TPSA) is 21.3 Å². The van der Waals surface area contributed by atoms with Crippen molar-refractivity contribution in [3.05, 3.63) is 0 Å². The molecule has 11 heavy (non-hydrogen) atoms. The van der Waals surface area contributed by atoms with E-state index in [0.29, 0.717) is 12.0 Å². The maximum atomic E-state index is 5.24. The molecule has 0 saturated carbocycles. The van der Waals surface area contributed by atoms with Crippen LogP contribution in [0.4, 0.5) is 0 Å². The largest absolute Gasteiger partial charge is 0.377 e. The molecule has 0 atom stereocenters. The van der Waals surface area contributed by atoms with Crippen molar-refractivity contribution in [3.63, 3.8) is 0 Å². The lowest BCUT2D eigenvalue weighted by Gasteiger charge is -2.46. The van der Waals surface area contributed by atoms with E-state index in [-0.39, 0.29) is 5.54 Å². The number of hydrogen-bond donors (Lipinski definition) is 1. The van der Waals surface area contributed by atoms with Crippen LogP contribution in [0.2, 0.25) is 0 Å². The molecule has 0 bridgehead atoms. The number of ether oxygens (including phenoxy) is 1. The molecule has 2 nitrogen and oxygen atoms in total. The Bertz CT molecular complexity index is 128. The van der Waals surface area contributed by atoms with Crippen LogP contribution in [0.1, 0.15) is 27.7 Å². The van der Waals surface area contributed by atoms with Gasteiger partial charge in [-0.3, -0.25) is 0 Å². The Balaban J connectivity index is 2.47. The molecule has 1 fully saturated rings. The van der Waals surface area contributed by atoms with Crippen molar-refractivity contribution >= 4 is 0 Å². The second-order valence-corrected chi connectivity index (χ2v) is 4.10. The SMILES string of the molecule is CC(C)NC1(C(C)C)COC1. The Labute approximate surface area is 69.3 Å². The lowest BCUT2D eigenvalue weighted by Crippen LogP contribution is -2.65. The van der Waals surface area contributed by atoms with Gasteiger partial charge in [0.2, 0.25) is 0 Å². The molecule has 66 valence electrons. The summed E-state index contributed by atoms with van der Waals surface area (Å²) >= 11 is 0. The Morgan fingerprint density at radius 1 is 1.18 bits per heavy atom. The van der Waals surface area contributed by atoms with Gasteiger partial charge in [-0.15, -0.1) is 0 Å². The summed E-state index contributed by atoms with van der Waals surface area (Å²) in [5, 5.41) is 3.57. The van der Waals surface area contributed by atoms with Gasteiger partial charge in [0.1, 0.15) is 0 Å². The number of hydrogen-bond acceptors (Lipinski definition) is 2. The second kappa shape index (κ2) is 3.11. The quantitative estimate of drug-likeness (QED) is 0.669. The van der Waals surface area contributed by atoms with Crippen LogP contribution in [0, 0.1) is 5.92 Å². The van der Waals surface area contributed by atoms with E-state index >= 15 is 0 Å². The van der Waals surface area contributed by atoms with E-state index in [0.717, 1.165) is 13.2 Å². The fourth-order valence-corrected chi connectivity index (χ4v) is 1.48. The highest BCUT2D eigenvalue weighted by molar-refractivity contribution is 4.97. The van der Waals surface area contributed by atoms with Crippen LogP contribution in [0.3, 0.4) is 0 Å². The van der Waals surface area contributed by atoms with E-state index in [1.807, 2.05) is 0 Å². The van der Waals surface area contributed by atoms with Crippen LogP contribution in [-0.4, -0.2) is 24.8 Å². The van der Waals surface area contributed by atoms with Gasteiger partial charge in [0.15, 0.2) is 0 Å². The van der Waals surface area contributed by atoms with Crippen molar-refractivity contribution in [1.82, 2.24) is 5.32 Å². The molecule has 0 spiro atoms. The zero-order chi connectivity index (χ0) is 8.48. The molecule has 0 aromatic heterocycles. The van der Waals surface area contributed by atoms with E-state index in [1.165, 1.54) is 0 Å². The van der Waals surface area contributed by atoms with Crippen LogP contribution >= 0.6 is 0 Å². The Morgan fingerprint density at radius 2 is 1.73 bits per heavy atom. The predicted octanol–water partition coefficient (Wildman–Crippen LogP) is 1.41. The molecule has 0 aromatic rings. The van der Waals surface area contributed by atoms with Crippen LogP contribution in [0.5, 0.6) is 0 Å². The molecule has 1 heterocycles. The van der Waals surface area contributed by atoms with E-state index < -0.39 is 0 Å². The average molecular weight is 157 g/mol. The first-order valence-electron chi connectivity index (χ1n) is 4.42. The Hall–Kier alpha value is -0.0800. The van der Waals surface area contributed by atoms with Crippen LogP contribution in [0.15, 0.2) is 0 Å². The van der Waals surface area contributed by atoms with E-state index in [2.05, 4.69) is 33.0 Å². The second-order valence-electron chi connectivity index (χ2n) is 4.10. The molecule has 0 amide bonds. The maximum absolute atomic E-state index is 5.24. The standard InChI is InChI=1S/C9H19NO/c1-7(2)9(5-11-6-9)10-8(3)4/h7-8,10H,5-6H2,1-4H3. The van der Waals surface area contributed by atoms with E-state index in [9.17, 15) is 0 Å². The van der Waals surface area contributed by atoms with Crippen molar-refractivity contribution in [1.29, 1.82) is 0 Å². The fourth-order valence-electron chi connectivity index (χ4n) is 1.48. The molecule has 1 N–H and O–H groups in total. The van der Waals surface area contributed by atoms with Gasteiger partial charge in [-0.1, -0.05) is 27.7 Å². The fraction of sp³-hybridized carbons (Fsp3) is 1.00. The molecule has 1 aliphatic heterocycles. The average Bonchev–Trinajstić information content (AvgIpc) is 1.77. The van der Waals surface area contributed by atoms with Gasteiger partial charge in [-0.05, 0) is 5.92 Å². The molecule has 2 heteroatoms. The molecule has 0 radical (unpaired) electrons. The van der Waals surface area contributed by atoms with Crippen molar-refractivity contribution in [2.75, 3.05) is 13.2 Å². The van der Waals surface area contributed by atoms with Gasteiger partial charge in [0.25, 0.3) is 0 Å². The van der Waals surface area contributed by atoms with Gasteiger partial charge in [0.05, 0.1) is 18.8 Å². The summed E-state index contributed by atoms with van der Waals surface area (Å²) in [4.78, 5) is 0. The maximum Gasteiger partial charge on any atom is 0.0678 e. The molecule has 0 unspecified atom stereocenters. The van der Waals surface area contributed by atoms with Gasteiger partial charge >= 0.3 is 0 Å². The zero-order valence-electron chi connectivity index (χ0n) is 7.98. The molecular weight excluding hydrogens is 138 g/mol. The van der Waals surface area contributed by atoms with Gasteiger partial charge in [0, 0.05) is 6.04 Å². The van der Waals surface area contributed by atoms with Gasteiger partial charge in [-0.2, -0.15) is 0 Å². The first-order valence-corrected chi connectivity index (χ1v) is 4.42. The lowest BCUT2D eigenvalue weighted by atomic mass is 9.84. The summed E-state index contributed by atoms with van der Waals surface area (Å²) in [7, 11) is 0. The molecule has 1 saturated heterocycles. The summed E-state index contributed by atoms with van der Waals surface area (Å²) in [5.41, 5.74) is 0.272.